The van der Waals surface area contributed by atoms with Crippen molar-refractivity contribution in [3.05, 3.63) is 84.0 Å². The van der Waals surface area contributed by atoms with Crippen molar-refractivity contribution in [2.75, 3.05) is 36.0 Å². The number of benzene rings is 2. The molecule has 0 radical (unpaired) electrons. The third-order valence-corrected chi connectivity index (χ3v) is 10.0. The predicted molar refractivity (Wildman–Crippen MR) is 149 cm³/mol. The number of para-hydroxylation sites is 2. The van der Waals surface area contributed by atoms with Gasteiger partial charge in [-0.25, -0.2) is 0 Å². The van der Waals surface area contributed by atoms with Crippen LogP contribution in [0.4, 0.5) is 11.4 Å². The lowest BCUT2D eigenvalue weighted by molar-refractivity contribution is -0.139. The lowest BCUT2D eigenvalue weighted by Crippen LogP contribution is -2.54. The van der Waals surface area contributed by atoms with Crippen LogP contribution in [-0.2, 0) is 14.4 Å². The second-order valence-electron chi connectivity index (χ2n) is 10.4. The lowest BCUT2D eigenvalue weighted by atomic mass is 9.78. The van der Waals surface area contributed by atoms with Gasteiger partial charge in [0.25, 0.3) is 5.91 Å². The molecule has 0 aliphatic carbocycles. The summed E-state index contributed by atoms with van der Waals surface area (Å²) in [5.41, 5.74) is 3.61. The number of amides is 3. The van der Waals surface area contributed by atoms with Gasteiger partial charge in [0, 0.05) is 36.3 Å². The SMILES string of the molecule is Cc1cccc(C)c1N1CC=C[C@]23S[C@H]4C=CCN(c5ccccc5)C(=O)[C@H]4[C@H]2C(=O)N(CCO)C3C1=O. The van der Waals surface area contributed by atoms with Crippen molar-refractivity contribution in [3.8, 4) is 0 Å². The van der Waals surface area contributed by atoms with Gasteiger partial charge in [-0.05, 0) is 37.1 Å². The van der Waals surface area contributed by atoms with Crippen molar-refractivity contribution in [1.82, 2.24) is 4.90 Å². The molecule has 3 amide bonds. The average molecular weight is 530 g/mol. The zero-order valence-corrected chi connectivity index (χ0v) is 22.3. The van der Waals surface area contributed by atoms with E-state index in [-0.39, 0.29) is 36.1 Å². The maximum absolute atomic E-state index is 14.4. The summed E-state index contributed by atoms with van der Waals surface area (Å²) in [7, 11) is 0. The molecule has 2 aromatic carbocycles. The highest BCUT2D eigenvalue weighted by molar-refractivity contribution is 8.02. The van der Waals surface area contributed by atoms with Gasteiger partial charge >= 0.3 is 0 Å². The molecular formula is C30H31N3O4S. The first kappa shape index (κ1) is 24.9. The molecule has 1 N–H and O–H groups in total. The van der Waals surface area contributed by atoms with Crippen LogP contribution in [-0.4, -0.2) is 70.0 Å². The zero-order chi connectivity index (χ0) is 26.6. The van der Waals surface area contributed by atoms with Gasteiger partial charge in [-0.3, -0.25) is 14.4 Å². The second-order valence-corrected chi connectivity index (χ2v) is 11.9. The van der Waals surface area contributed by atoms with Gasteiger partial charge < -0.3 is 19.8 Å². The monoisotopic (exact) mass is 529 g/mol. The molecule has 4 heterocycles. The molecular weight excluding hydrogens is 498 g/mol. The molecule has 1 unspecified atom stereocenters. The van der Waals surface area contributed by atoms with Crippen LogP contribution in [0.25, 0.3) is 0 Å². The van der Waals surface area contributed by atoms with Crippen LogP contribution < -0.4 is 9.80 Å². The first-order valence-corrected chi connectivity index (χ1v) is 13.9. The first-order valence-electron chi connectivity index (χ1n) is 13.1. The highest BCUT2D eigenvalue weighted by atomic mass is 32.2. The summed E-state index contributed by atoms with van der Waals surface area (Å²) in [6, 6.07) is 14.6. The van der Waals surface area contributed by atoms with E-state index in [2.05, 4.69) is 0 Å². The normalized spacial score (nSPS) is 30.3. The molecule has 4 aliphatic heterocycles. The molecule has 7 nitrogen and oxygen atoms in total. The summed E-state index contributed by atoms with van der Waals surface area (Å²) in [4.78, 5) is 47.7. The first-order chi connectivity index (χ1) is 18.4. The Hall–Kier alpha value is -3.36. The van der Waals surface area contributed by atoms with E-state index in [4.69, 9.17) is 0 Å². The second kappa shape index (κ2) is 9.43. The number of β-amino-alcohol motifs (C(OH)–C–C–N with tert-alkyl or cyclic N) is 1. The van der Waals surface area contributed by atoms with E-state index < -0.39 is 22.6 Å². The van der Waals surface area contributed by atoms with Gasteiger partial charge in [-0.1, -0.05) is 60.7 Å². The largest absolute Gasteiger partial charge is 0.395 e. The van der Waals surface area contributed by atoms with Crippen LogP contribution in [0, 0.1) is 25.7 Å². The summed E-state index contributed by atoms with van der Waals surface area (Å²) in [5.74, 6) is -1.82. The van der Waals surface area contributed by atoms with Crippen LogP contribution >= 0.6 is 11.8 Å². The van der Waals surface area contributed by atoms with Crippen LogP contribution in [0.3, 0.4) is 0 Å². The average Bonchev–Trinajstić information content (AvgIpc) is 3.21. The molecule has 5 atom stereocenters. The molecule has 2 fully saturated rings. The van der Waals surface area contributed by atoms with Crippen molar-refractivity contribution in [1.29, 1.82) is 0 Å². The number of anilines is 2. The molecule has 196 valence electrons. The Kier molecular flexibility index (Phi) is 6.19. The van der Waals surface area contributed by atoms with Crippen molar-refractivity contribution in [2.45, 2.75) is 29.9 Å². The highest BCUT2D eigenvalue weighted by Gasteiger charge is 2.71. The van der Waals surface area contributed by atoms with Gasteiger partial charge in [-0.2, -0.15) is 0 Å². The number of aliphatic hydroxyl groups is 1. The number of aryl methyl sites for hydroxylation is 2. The third-order valence-electron chi connectivity index (χ3n) is 8.28. The Morgan fingerprint density at radius 1 is 0.895 bits per heavy atom. The number of carbonyl (C=O) groups excluding carboxylic acids is 3. The summed E-state index contributed by atoms with van der Waals surface area (Å²) in [6.07, 6.45) is 8.02. The van der Waals surface area contributed by atoms with Crippen molar-refractivity contribution in [2.24, 2.45) is 11.8 Å². The molecule has 38 heavy (non-hydrogen) atoms. The lowest BCUT2D eigenvalue weighted by Gasteiger charge is -2.35. The fourth-order valence-corrected chi connectivity index (χ4v) is 8.76. The third kappa shape index (κ3) is 3.57. The topological polar surface area (TPSA) is 81.2 Å². The molecule has 0 saturated carbocycles. The van der Waals surface area contributed by atoms with Gasteiger partial charge in [-0.15, -0.1) is 11.8 Å². The van der Waals surface area contributed by atoms with E-state index in [1.54, 1.807) is 21.6 Å². The molecule has 4 aliphatic rings. The smallest absolute Gasteiger partial charge is 0.251 e. The minimum atomic E-state index is -0.899. The molecule has 1 spiro atoms. The number of rotatable bonds is 4. The number of aliphatic hydroxyl groups excluding tert-OH is 1. The number of hydrogen-bond acceptors (Lipinski definition) is 5. The molecule has 8 heteroatoms. The molecule has 6 rings (SSSR count). The summed E-state index contributed by atoms with van der Waals surface area (Å²) in [6.45, 7) is 4.58. The fraction of sp³-hybridized carbons (Fsp3) is 0.367. The number of likely N-dealkylation sites (tertiary alicyclic amines) is 1. The van der Waals surface area contributed by atoms with E-state index in [0.717, 1.165) is 22.5 Å². The van der Waals surface area contributed by atoms with Gasteiger partial charge in [0.1, 0.15) is 6.04 Å². The Morgan fingerprint density at radius 2 is 1.61 bits per heavy atom. The van der Waals surface area contributed by atoms with Gasteiger partial charge in [0.2, 0.25) is 11.8 Å². The molecule has 2 saturated heterocycles. The standard InChI is InChI=1S/C30H31N3O4S/c1-19-9-6-10-20(2)25(19)32-16-8-14-30-24(28(36)33(17-18-34)26(30)29(32)37)23-22(38-30)13-7-15-31(27(23)35)21-11-4-3-5-12-21/h3-14,22-24,26,34H,15-18H2,1-2H3/t22-,23+,24-,26?,30-/m0/s1. The summed E-state index contributed by atoms with van der Waals surface area (Å²) in [5, 5.41) is 9.69. The Balaban J connectivity index is 1.45. The van der Waals surface area contributed by atoms with Crippen molar-refractivity contribution in [3.63, 3.8) is 0 Å². The van der Waals surface area contributed by atoms with E-state index in [1.807, 2.05) is 86.7 Å². The van der Waals surface area contributed by atoms with Crippen LogP contribution in [0.2, 0.25) is 0 Å². The number of nitrogens with zero attached hydrogens (tertiary/aromatic N) is 3. The van der Waals surface area contributed by atoms with E-state index in [1.165, 1.54) is 4.90 Å². The van der Waals surface area contributed by atoms with Crippen molar-refractivity contribution >= 4 is 40.9 Å². The number of thioether (sulfide) groups is 1. The minimum Gasteiger partial charge on any atom is -0.395 e. The minimum absolute atomic E-state index is 0.0479. The maximum atomic E-state index is 14.4. The maximum Gasteiger partial charge on any atom is 0.251 e. The number of carbonyl (C=O) groups is 3. The van der Waals surface area contributed by atoms with Gasteiger partial charge in [0.15, 0.2) is 0 Å². The molecule has 2 aromatic rings. The molecule has 0 bridgehead atoms. The number of hydrogen-bond donors (Lipinski definition) is 1. The van der Waals surface area contributed by atoms with E-state index in [0.29, 0.717) is 13.1 Å². The van der Waals surface area contributed by atoms with Crippen molar-refractivity contribution < 1.29 is 19.5 Å². The predicted octanol–water partition coefficient (Wildman–Crippen LogP) is 3.10. The van der Waals surface area contributed by atoms with Gasteiger partial charge in [0.05, 0.1) is 23.2 Å². The number of fused-ring (bicyclic) bond motifs is 2. The quantitative estimate of drug-likeness (QED) is 0.616. The van der Waals surface area contributed by atoms with Crippen LogP contribution in [0.15, 0.2) is 72.8 Å². The van der Waals surface area contributed by atoms with E-state index >= 15 is 0 Å². The highest BCUT2D eigenvalue weighted by Crippen LogP contribution is 2.61. The Morgan fingerprint density at radius 3 is 2.32 bits per heavy atom. The fourth-order valence-electron chi connectivity index (χ4n) is 6.76. The summed E-state index contributed by atoms with van der Waals surface area (Å²) < 4.78 is -0.899. The summed E-state index contributed by atoms with van der Waals surface area (Å²) >= 11 is 1.55. The van der Waals surface area contributed by atoms with Crippen LogP contribution in [0.1, 0.15) is 11.1 Å². The molecule has 0 aromatic heterocycles. The Bertz CT molecular complexity index is 1340. The Labute approximate surface area is 226 Å². The zero-order valence-electron chi connectivity index (χ0n) is 21.5. The van der Waals surface area contributed by atoms with E-state index in [9.17, 15) is 19.5 Å². The van der Waals surface area contributed by atoms with Crippen LogP contribution in [0.5, 0.6) is 0 Å².